The summed E-state index contributed by atoms with van der Waals surface area (Å²) in [6.07, 6.45) is 1.57. The van der Waals surface area contributed by atoms with Crippen molar-refractivity contribution in [2.24, 2.45) is 7.05 Å². The van der Waals surface area contributed by atoms with Crippen LogP contribution in [0, 0.1) is 0 Å². The Hall–Kier alpha value is -4.05. The normalized spacial score (nSPS) is 12.9. The van der Waals surface area contributed by atoms with Crippen molar-refractivity contribution < 1.29 is 8.85 Å². The summed E-state index contributed by atoms with van der Waals surface area (Å²) in [5.41, 5.74) is 9.35. The molecule has 0 aliphatic heterocycles. The van der Waals surface area contributed by atoms with E-state index in [9.17, 15) is 4.79 Å². The Bertz CT molecular complexity index is 1480. The molecule has 178 valence electrons. The van der Waals surface area contributed by atoms with Crippen LogP contribution in [0.1, 0.15) is 4.11 Å². The van der Waals surface area contributed by atoms with Crippen LogP contribution in [0.25, 0.3) is 16.9 Å². The average molecular weight is 466 g/mol. The number of aromatic nitrogens is 4. The summed E-state index contributed by atoms with van der Waals surface area (Å²) in [5, 5.41) is 3.13. The molecule has 10 heteroatoms. The lowest BCUT2D eigenvalue weighted by molar-refractivity contribution is 0.413. The van der Waals surface area contributed by atoms with Crippen molar-refractivity contribution in [1.82, 2.24) is 24.0 Å². The van der Waals surface area contributed by atoms with Crippen LogP contribution >= 0.6 is 0 Å². The van der Waals surface area contributed by atoms with Crippen molar-refractivity contribution in [3.8, 4) is 11.6 Å². The zero-order valence-electron chi connectivity index (χ0n) is 22.6. The Balaban J connectivity index is 1.61. The molecule has 2 heterocycles. The fourth-order valence-corrected chi connectivity index (χ4v) is 3.77. The van der Waals surface area contributed by atoms with Gasteiger partial charge in [-0.25, -0.2) is 14.3 Å². The van der Waals surface area contributed by atoms with Gasteiger partial charge in [-0.2, -0.15) is 4.98 Å². The van der Waals surface area contributed by atoms with E-state index in [2.05, 4.69) is 15.3 Å². The van der Waals surface area contributed by atoms with E-state index in [1.807, 2.05) is 36.2 Å². The van der Waals surface area contributed by atoms with Crippen LogP contribution in [-0.4, -0.2) is 65.3 Å². The fraction of sp³-hybridized carbons (Fsp3) is 0.292. The Morgan fingerprint density at radius 2 is 1.94 bits per heavy atom. The summed E-state index contributed by atoms with van der Waals surface area (Å²) in [6, 6.07) is 12.6. The van der Waals surface area contributed by atoms with Crippen LogP contribution in [-0.2, 0) is 7.05 Å². The number of hydrogen-bond acceptors (Lipinski definition) is 8. The summed E-state index contributed by atoms with van der Waals surface area (Å²) >= 11 is 0. The van der Waals surface area contributed by atoms with E-state index in [0.717, 1.165) is 11.0 Å². The van der Waals surface area contributed by atoms with Gasteiger partial charge in [-0.15, -0.1) is 0 Å². The van der Waals surface area contributed by atoms with Gasteiger partial charge in [0, 0.05) is 49.6 Å². The van der Waals surface area contributed by atoms with Gasteiger partial charge < -0.3 is 25.6 Å². The lowest BCUT2D eigenvalue weighted by Gasteiger charge is -2.24. The number of rotatable bonds is 8. The number of nitrogen functional groups attached to an aromatic ring is 1. The first kappa shape index (κ1) is 19.4. The molecule has 0 bridgehead atoms. The number of nitrogens with two attached hydrogens (primary N) is 1. The summed E-state index contributed by atoms with van der Waals surface area (Å²) in [4.78, 5) is 25.0. The van der Waals surface area contributed by atoms with E-state index < -0.39 is 6.98 Å². The number of nitrogens with one attached hydrogen (secondary N) is 1. The van der Waals surface area contributed by atoms with Gasteiger partial charge >= 0.3 is 5.69 Å². The molecule has 0 spiro atoms. The minimum atomic E-state index is -2.16. The van der Waals surface area contributed by atoms with Crippen molar-refractivity contribution in [2.75, 3.05) is 57.2 Å². The maximum Gasteiger partial charge on any atom is 0.334 e. The summed E-state index contributed by atoms with van der Waals surface area (Å²) < 4.78 is 31.2. The monoisotopic (exact) mass is 465 g/mol. The Morgan fingerprint density at radius 3 is 2.68 bits per heavy atom. The molecule has 0 atom stereocenters. The third-order valence-electron chi connectivity index (χ3n) is 5.61. The van der Waals surface area contributed by atoms with Gasteiger partial charge in [0.05, 0.1) is 35.2 Å². The standard InChI is InChI=1S/C24H30N8O2/c1-29(2)12-13-30(3)20-15-21(34-5)17(14-16(20)25)27-23-26-11-10-22(28-23)32-19-9-7-6-8-18(19)31(4)24(32)33/h6-11,14-15H,12-13,25H2,1-5H3,(H,26,27,28)/i1D3. The molecule has 0 radical (unpaired) electrons. The van der Waals surface area contributed by atoms with Crippen molar-refractivity contribution >= 4 is 34.0 Å². The van der Waals surface area contributed by atoms with E-state index in [1.165, 1.54) is 16.6 Å². The Morgan fingerprint density at radius 1 is 1.18 bits per heavy atom. The second-order valence-corrected chi connectivity index (χ2v) is 7.98. The number of anilines is 4. The molecule has 0 aliphatic rings. The number of aryl methyl sites for hydroxylation is 1. The molecule has 2 aromatic carbocycles. The number of hydrogen-bond donors (Lipinski definition) is 2. The minimum Gasteiger partial charge on any atom is -0.494 e. The second kappa shape index (κ2) is 9.44. The molecule has 34 heavy (non-hydrogen) atoms. The third-order valence-corrected chi connectivity index (χ3v) is 5.61. The first-order chi connectivity index (χ1) is 17.5. The zero-order chi connectivity index (χ0) is 26.9. The molecular formula is C24H30N8O2. The highest BCUT2D eigenvalue weighted by molar-refractivity contribution is 5.80. The molecule has 0 aliphatic carbocycles. The van der Waals surface area contributed by atoms with Crippen molar-refractivity contribution in [2.45, 2.75) is 0 Å². The topological polar surface area (TPSA) is 106 Å². The number of fused-ring (bicyclic) bond motifs is 1. The molecule has 0 fully saturated rings. The molecular weight excluding hydrogens is 432 g/mol. The SMILES string of the molecule is [2H]C([2H])([2H])N(C)CCN(C)c1cc(OC)c(Nc2nccc(-n3c(=O)n(C)c4ccccc43)n2)cc1N. The Labute approximate surface area is 202 Å². The third kappa shape index (κ3) is 4.40. The Kier molecular flexibility index (Phi) is 5.39. The van der Waals surface area contributed by atoms with Crippen LogP contribution in [0.4, 0.5) is 23.0 Å². The quantitative estimate of drug-likeness (QED) is 0.382. The first-order valence-corrected chi connectivity index (χ1v) is 10.7. The predicted octanol–water partition coefficient (Wildman–Crippen LogP) is 2.45. The lowest BCUT2D eigenvalue weighted by atomic mass is 10.2. The van der Waals surface area contributed by atoms with Crippen molar-refractivity contribution in [1.29, 1.82) is 0 Å². The number of likely N-dealkylation sites (N-methyl/N-ethyl adjacent to an activating group) is 2. The second-order valence-electron chi connectivity index (χ2n) is 7.98. The number of ether oxygens (including phenoxy) is 1. The van der Waals surface area contributed by atoms with E-state index in [4.69, 9.17) is 14.6 Å². The number of benzene rings is 2. The minimum absolute atomic E-state index is 0.218. The maximum atomic E-state index is 12.9. The molecule has 4 rings (SSSR count). The van der Waals surface area contributed by atoms with Gasteiger partial charge in [0.15, 0.2) is 0 Å². The van der Waals surface area contributed by atoms with E-state index in [-0.39, 0.29) is 11.6 Å². The van der Waals surface area contributed by atoms with Gasteiger partial charge in [0.1, 0.15) is 11.6 Å². The highest BCUT2D eigenvalue weighted by Crippen LogP contribution is 2.36. The number of para-hydroxylation sites is 2. The van der Waals surface area contributed by atoms with Crippen LogP contribution in [0.15, 0.2) is 53.5 Å². The smallest absolute Gasteiger partial charge is 0.334 e. The summed E-state index contributed by atoms with van der Waals surface area (Å²) in [6.45, 7) is -1.40. The molecule has 0 unspecified atom stereocenters. The first-order valence-electron chi connectivity index (χ1n) is 12.2. The number of nitrogens with zero attached hydrogens (tertiary/aromatic N) is 6. The number of imidazole rings is 1. The average Bonchev–Trinajstić information content (AvgIpc) is 3.12. The van der Waals surface area contributed by atoms with Crippen LogP contribution < -0.4 is 26.4 Å². The lowest BCUT2D eigenvalue weighted by Crippen LogP contribution is -2.29. The summed E-state index contributed by atoms with van der Waals surface area (Å²) in [5.74, 6) is 1.17. The van der Waals surface area contributed by atoms with Gasteiger partial charge in [0.25, 0.3) is 0 Å². The largest absolute Gasteiger partial charge is 0.494 e. The highest BCUT2D eigenvalue weighted by Gasteiger charge is 2.16. The van der Waals surface area contributed by atoms with Gasteiger partial charge in [0.2, 0.25) is 5.95 Å². The molecule has 0 amide bonds. The molecule has 0 saturated carbocycles. The van der Waals surface area contributed by atoms with Crippen molar-refractivity contribution in [3.05, 3.63) is 59.1 Å². The predicted molar refractivity (Wildman–Crippen MR) is 137 cm³/mol. The highest BCUT2D eigenvalue weighted by atomic mass is 16.5. The maximum absolute atomic E-state index is 12.9. The molecule has 0 saturated heterocycles. The van der Waals surface area contributed by atoms with Gasteiger partial charge in [-0.1, -0.05) is 12.1 Å². The van der Waals surface area contributed by atoms with Crippen LogP contribution in [0.5, 0.6) is 5.75 Å². The van der Waals surface area contributed by atoms with Crippen LogP contribution in [0.3, 0.4) is 0 Å². The molecule has 4 aromatic rings. The van der Waals surface area contributed by atoms with E-state index in [1.54, 1.807) is 43.1 Å². The molecule has 2 aromatic heterocycles. The fourth-order valence-electron chi connectivity index (χ4n) is 3.77. The zero-order valence-corrected chi connectivity index (χ0v) is 19.6. The number of methoxy groups -OCH3 is 1. The van der Waals surface area contributed by atoms with Gasteiger partial charge in [-0.05, 0) is 32.2 Å². The van der Waals surface area contributed by atoms with E-state index >= 15 is 0 Å². The molecule has 3 N–H and O–H groups in total. The molecule has 10 nitrogen and oxygen atoms in total. The van der Waals surface area contributed by atoms with E-state index in [0.29, 0.717) is 41.7 Å². The van der Waals surface area contributed by atoms with Crippen molar-refractivity contribution in [3.63, 3.8) is 0 Å². The van der Waals surface area contributed by atoms with Crippen LogP contribution in [0.2, 0.25) is 0 Å². The van der Waals surface area contributed by atoms with Gasteiger partial charge in [-0.3, -0.25) is 4.57 Å². The summed E-state index contributed by atoms with van der Waals surface area (Å²) in [7, 11) is 6.64.